The second kappa shape index (κ2) is 9.72. The molecule has 12 heteroatoms. The third-order valence-electron chi connectivity index (χ3n) is 5.90. The number of fused-ring (bicyclic) bond motifs is 2. The Hall–Kier alpha value is -3.15. The van der Waals surface area contributed by atoms with E-state index in [9.17, 15) is 18.0 Å². The van der Waals surface area contributed by atoms with Gasteiger partial charge in [0.1, 0.15) is 0 Å². The number of anilines is 1. The Morgan fingerprint density at radius 2 is 2.06 bits per heavy atom. The van der Waals surface area contributed by atoms with Crippen LogP contribution in [0.2, 0.25) is 0 Å². The van der Waals surface area contributed by atoms with Crippen molar-refractivity contribution in [2.45, 2.75) is 44.3 Å². The fourth-order valence-electron chi connectivity index (χ4n) is 4.26. The number of halogens is 3. The lowest BCUT2D eigenvalue weighted by atomic mass is 10.0. The molecule has 5 rings (SSSR count). The molecule has 2 aliphatic rings. The molecule has 4 heterocycles. The van der Waals surface area contributed by atoms with Crippen LogP contribution in [0.4, 0.5) is 30.5 Å². The van der Waals surface area contributed by atoms with Crippen LogP contribution >= 0.6 is 12.6 Å². The number of alkyl halides is 3. The van der Waals surface area contributed by atoms with Crippen LogP contribution in [-0.4, -0.2) is 67.1 Å². The van der Waals surface area contributed by atoms with Gasteiger partial charge in [-0.3, -0.25) is 4.79 Å². The Kier molecular flexibility index (Phi) is 7.00. The molecule has 3 aromatic rings. The van der Waals surface area contributed by atoms with Gasteiger partial charge in [-0.05, 0) is 17.7 Å². The number of carbonyl (C=O) groups is 1. The van der Waals surface area contributed by atoms with Crippen molar-refractivity contribution in [2.75, 3.05) is 32.0 Å². The number of likely N-dealkylation sites (tertiary alicyclic amines) is 1. The molecule has 0 bridgehead atoms. The van der Waals surface area contributed by atoms with Crippen molar-refractivity contribution in [1.29, 1.82) is 0 Å². The highest BCUT2D eigenvalue weighted by molar-refractivity contribution is 7.81. The second-order valence-electron chi connectivity index (χ2n) is 9.59. The van der Waals surface area contributed by atoms with Crippen molar-refractivity contribution in [3.63, 3.8) is 0 Å². The SMILES string of the molecule is CC(=O)N1CCC(F)(F)C1.CC(C)(S)Cc1nc(N)nn2ccc(-c3ccc4c(c3)[N+](CCF)=N4)c12. The molecular weight excluding hydrogens is 491 g/mol. The normalized spacial score (nSPS) is 16.2. The third-order valence-corrected chi connectivity index (χ3v) is 6.06. The van der Waals surface area contributed by atoms with Gasteiger partial charge in [0.2, 0.25) is 24.1 Å². The predicted molar refractivity (Wildman–Crippen MR) is 134 cm³/mol. The molecule has 1 aromatic carbocycles. The number of benzene rings is 1. The Bertz CT molecular complexity index is 1330. The summed E-state index contributed by atoms with van der Waals surface area (Å²) in [6.07, 6.45) is 2.34. The topological polar surface area (TPSA) is 91.9 Å². The molecule has 0 atom stereocenters. The Labute approximate surface area is 212 Å². The predicted octanol–water partition coefficient (Wildman–Crippen LogP) is 4.81. The van der Waals surface area contributed by atoms with Gasteiger partial charge in [0.25, 0.3) is 11.6 Å². The van der Waals surface area contributed by atoms with Gasteiger partial charge in [0, 0.05) is 54.0 Å². The summed E-state index contributed by atoms with van der Waals surface area (Å²) in [5.74, 6) is -2.68. The van der Waals surface area contributed by atoms with Crippen LogP contribution in [-0.2, 0) is 11.2 Å². The van der Waals surface area contributed by atoms with E-state index in [0.29, 0.717) is 6.42 Å². The summed E-state index contributed by atoms with van der Waals surface area (Å²) < 4.78 is 40.6. The highest BCUT2D eigenvalue weighted by atomic mass is 32.1. The number of thiol groups is 1. The van der Waals surface area contributed by atoms with Crippen LogP contribution in [0.15, 0.2) is 35.6 Å². The van der Waals surface area contributed by atoms with E-state index in [0.717, 1.165) is 33.7 Å². The maximum Gasteiger partial charge on any atom is 0.267 e. The minimum Gasteiger partial charge on any atom is -0.367 e. The second-order valence-corrected chi connectivity index (χ2v) is 10.8. The number of nitrogens with zero attached hydrogens (tertiary/aromatic N) is 6. The molecule has 8 nitrogen and oxygen atoms in total. The molecule has 1 fully saturated rings. The number of nitrogens with two attached hydrogens (primary N) is 1. The fourth-order valence-corrected chi connectivity index (χ4v) is 4.41. The van der Waals surface area contributed by atoms with Gasteiger partial charge < -0.3 is 10.6 Å². The molecule has 2 aromatic heterocycles. The van der Waals surface area contributed by atoms with E-state index in [1.165, 1.54) is 11.8 Å². The summed E-state index contributed by atoms with van der Waals surface area (Å²) in [6, 6.07) is 7.98. The largest absolute Gasteiger partial charge is 0.367 e. The van der Waals surface area contributed by atoms with E-state index in [4.69, 9.17) is 5.73 Å². The highest BCUT2D eigenvalue weighted by Gasteiger charge is 2.39. The van der Waals surface area contributed by atoms with Crippen LogP contribution in [0.3, 0.4) is 0 Å². The van der Waals surface area contributed by atoms with E-state index < -0.39 is 19.1 Å². The van der Waals surface area contributed by atoms with E-state index in [1.54, 1.807) is 9.21 Å². The van der Waals surface area contributed by atoms with Gasteiger partial charge in [0.15, 0.2) is 6.67 Å². The first-order valence-electron chi connectivity index (χ1n) is 11.6. The van der Waals surface area contributed by atoms with E-state index in [1.807, 2.05) is 44.3 Å². The summed E-state index contributed by atoms with van der Waals surface area (Å²) in [5, 5.41) is 8.56. The molecule has 192 valence electrons. The summed E-state index contributed by atoms with van der Waals surface area (Å²) in [6.45, 7) is 5.01. The molecule has 2 N–H and O–H groups in total. The summed E-state index contributed by atoms with van der Waals surface area (Å²) in [7, 11) is 0. The number of amides is 1. The van der Waals surface area contributed by atoms with E-state index in [-0.39, 0.29) is 36.1 Å². The number of aromatic nitrogens is 3. The number of azo groups is 2. The first-order valence-corrected chi connectivity index (χ1v) is 12.0. The zero-order valence-electron chi connectivity index (χ0n) is 20.4. The standard InChI is InChI=1S/C18H19FN6S.C6H9F2NO/c1-18(2,26)10-14-16-12(5-7-25(16)23-17(20)21-14)11-3-4-13-15(9-11)24(22-13)8-6-19;1-5(10)9-3-2-6(7,8)4-9/h3-5,7,9H,6,8,10H2,1-2H3,(H2-,20,21,23,26);2-4H2,1H3/p+1. The van der Waals surface area contributed by atoms with Gasteiger partial charge in [0.05, 0.1) is 17.8 Å². The summed E-state index contributed by atoms with van der Waals surface area (Å²) in [4.78, 5) is 16.2. The fraction of sp³-hybridized carbons (Fsp3) is 0.458. The molecule has 2 aliphatic heterocycles. The molecular formula is C24H29F3N7OS+. The van der Waals surface area contributed by atoms with Crippen molar-refractivity contribution in [3.05, 3.63) is 36.2 Å². The highest BCUT2D eigenvalue weighted by Crippen LogP contribution is 2.41. The van der Waals surface area contributed by atoms with Crippen molar-refractivity contribution in [2.24, 2.45) is 5.11 Å². The van der Waals surface area contributed by atoms with Crippen LogP contribution in [0.25, 0.3) is 16.6 Å². The monoisotopic (exact) mass is 520 g/mol. The average molecular weight is 521 g/mol. The number of carbonyl (C=O) groups excluding carboxylic acids is 1. The van der Waals surface area contributed by atoms with Gasteiger partial charge >= 0.3 is 0 Å². The summed E-state index contributed by atoms with van der Waals surface area (Å²) in [5.41, 5.74) is 11.5. The maximum absolute atomic E-state index is 12.6. The lowest BCUT2D eigenvalue weighted by Crippen LogP contribution is -2.29. The minimum absolute atomic E-state index is 0.188. The van der Waals surface area contributed by atoms with Crippen molar-refractivity contribution in [1.82, 2.24) is 19.5 Å². The lowest BCUT2D eigenvalue weighted by molar-refractivity contribution is -0.525. The van der Waals surface area contributed by atoms with Crippen molar-refractivity contribution in [3.8, 4) is 11.1 Å². The molecule has 36 heavy (non-hydrogen) atoms. The van der Waals surface area contributed by atoms with Crippen LogP contribution in [0, 0.1) is 0 Å². The zero-order valence-corrected chi connectivity index (χ0v) is 21.3. The van der Waals surface area contributed by atoms with Gasteiger partial charge in [-0.15, -0.1) is 5.10 Å². The van der Waals surface area contributed by atoms with Crippen LogP contribution in [0.5, 0.6) is 0 Å². The van der Waals surface area contributed by atoms with Crippen molar-refractivity contribution < 1.29 is 22.7 Å². The molecule has 1 amide bonds. The third kappa shape index (κ3) is 5.63. The molecule has 0 radical (unpaired) electrons. The Morgan fingerprint density at radius 3 is 2.64 bits per heavy atom. The first-order chi connectivity index (χ1) is 16.9. The number of hydrogen-bond donors (Lipinski definition) is 2. The van der Waals surface area contributed by atoms with E-state index in [2.05, 4.69) is 27.8 Å². The quantitative estimate of drug-likeness (QED) is 0.373. The number of hydrogen-bond acceptors (Lipinski definition) is 6. The Balaban J connectivity index is 0.000000256. The van der Waals surface area contributed by atoms with E-state index >= 15 is 0 Å². The van der Waals surface area contributed by atoms with Crippen LogP contribution < -0.4 is 5.73 Å². The first kappa shape index (κ1) is 25.9. The smallest absolute Gasteiger partial charge is 0.267 e. The zero-order chi connectivity index (χ0) is 26.3. The van der Waals surface area contributed by atoms with Crippen LogP contribution in [0.1, 0.15) is 32.9 Å². The van der Waals surface area contributed by atoms with Gasteiger partial charge in [-0.1, -0.05) is 24.6 Å². The number of nitrogen functional groups attached to an aromatic ring is 1. The molecule has 0 aliphatic carbocycles. The van der Waals surface area contributed by atoms with Gasteiger partial charge in [-0.25, -0.2) is 22.7 Å². The molecule has 0 spiro atoms. The van der Waals surface area contributed by atoms with Crippen molar-refractivity contribution >= 4 is 41.4 Å². The number of rotatable bonds is 5. The minimum atomic E-state index is -2.65. The van der Waals surface area contributed by atoms with Gasteiger partial charge in [-0.2, -0.15) is 12.6 Å². The Morgan fingerprint density at radius 1 is 1.31 bits per heavy atom. The molecule has 0 saturated carbocycles. The average Bonchev–Trinajstić information content (AvgIpc) is 3.34. The molecule has 0 unspecified atom stereocenters. The summed E-state index contributed by atoms with van der Waals surface area (Å²) >= 11 is 4.64. The maximum atomic E-state index is 12.6. The lowest BCUT2D eigenvalue weighted by Gasteiger charge is -2.18. The molecule has 1 saturated heterocycles.